The first-order valence-corrected chi connectivity index (χ1v) is 8.48. The summed E-state index contributed by atoms with van der Waals surface area (Å²) >= 11 is 1.68. The van der Waals surface area contributed by atoms with Crippen molar-refractivity contribution < 1.29 is 0 Å². The largest absolute Gasteiger partial charge is 0.349 e. The van der Waals surface area contributed by atoms with Gasteiger partial charge >= 0.3 is 0 Å². The molecule has 3 heterocycles. The first-order chi connectivity index (χ1) is 10.4. The summed E-state index contributed by atoms with van der Waals surface area (Å²) in [6.45, 7) is 3.23. The Hall–Kier alpha value is -1.53. The van der Waals surface area contributed by atoms with Gasteiger partial charge in [-0.25, -0.2) is 15.0 Å². The van der Waals surface area contributed by atoms with Gasteiger partial charge < -0.3 is 4.90 Å². The summed E-state index contributed by atoms with van der Waals surface area (Å²) in [4.78, 5) is 18.0. The van der Waals surface area contributed by atoms with E-state index in [0.29, 0.717) is 12.1 Å². The van der Waals surface area contributed by atoms with Gasteiger partial charge in [0.2, 0.25) is 0 Å². The number of rotatable bonds is 5. The molecule has 110 valence electrons. The van der Waals surface area contributed by atoms with Crippen molar-refractivity contribution in [1.82, 2.24) is 19.9 Å². The van der Waals surface area contributed by atoms with E-state index in [-0.39, 0.29) is 0 Å². The van der Waals surface area contributed by atoms with Gasteiger partial charge in [-0.1, -0.05) is 0 Å². The Morgan fingerprint density at radius 2 is 2.19 bits per heavy atom. The quantitative estimate of drug-likeness (QED) is 0.847. The lowest BCUT2D eigenvalue weighted by Gasteiger charge is -2.30. The van der Waals surface area contributed by atoms with E-state index in [1.807, 2.05) is 17.8 Å². The maximum absolute atomic E-state index is 4.47. The molecule has 0 spiro atoms. The molecule has 1 saturated carbocycles. The van der Waals surface area contributed by atoms with Crippen LogP contribution in [-0.4, -0.2) is 45.0 Å². The number of hydrogen-bond acceptors (Lipinski definition) is 6. The Morgan fingerprint density at radius 3 is 2.90 bits per heavy atom. The van der Waals surface area contributed by atoms with Crippen LogP contribution in [0.2, 0.25) is 0 Å². The molecule has 1 aliphatic carbocycles. The molecule has 5 nitrogen and oxygen atoms in total. The van der Waals surface area contributed by atoms with Gasteiger partial charge in [0.05, 0.1) is 11.2 Å². The summed E-state index contributed by atoms with van der Waals surface area (Å²) in [5.74, 6) is 1.09. The molecule has 1 unspecified atom stereocenters. The van der Waals surface area contributed by atoms with Crippen molar-refractivity contribution in [3.63, 3.8) is 0 Å². The van der Waals surface area contributed by atoms with Crippen molar-refractivity contribution in [1.29, 1.82) is 0 Å². The first-order valence-electron chi connectivity index (χ1n) is 7.54. The zero-order chi connectivity index (χ0) is 14.1. The van der Waals surface area contributed by atoms with Gasteiger partial charge in [0, 0.05) is 43.3 Å². The summed E-state index contributed by atoms with van der Waals surface area (Å²) in [5, 5.41) is 2.15. The highest BCUT2D eigenvalue weighted by atomic mass is 32.1. The van der Waals surface area contributed by atoms with E-state index in [1.54, 1.807) is 17.7 Å². The molecular formula is C15H19N5S. The third-order valence-electron chi connectivity index (χ3n) is 4.28. The number of thiazole rings is 1. The molecule has 0 bridgehead atoms. The van der Waals surface area contributed by atoms with Gasteiger partial charge in [-0.3, -0.25) is 4.90 Å². The first kappa shape index (κ1) is 13.2. The second-order valence-corrected chi connectivity index (χ2v) is 6.58. The van der Waals surface area contributed by atoms with Crippen molar-refractivity contribution >= 4 is 17.2 Å². The molecule has 0 amide bonds. The number of likely N-dealkylation sites (tertiary alicyclic amines) is 1. The van der Waals surface area contributed by atoms with Crippen LogP contribution in [0, 0.1) is 0 Å². The second kappa shape index (κ2) is 5.69. The van der Waals surface area contributed by atoms with Crippen LogP contribution in [0.3, 0.4) is 0 Å². The van der Waals surface area contributed by atoms with E-state index in [4.69, 9.17) is 0 Å². The molecule has 1 atom stereocenters. The molecular weight excluding hydrogens is 282 g/mol. The Kier molecular flexibility index (Phi) is 3.57. The van der Waals surface area contributed by atoms with Crippen LogP contribution in [0.25, 0.3) is 0 Å². The van der Waals surface area contributed by atoms with Crippen molar-refractivity contribution in [2.75, 3.05) is 18.0 Å². The molecule has 1 saturated heterocycles. The molecule has 0 radical (unpaired) electrons. The van der Waals surface area contributed by atoms with Crippen molar-refractivity contribution in [2.45, 2.75) is 37.9 Å². The van der Waals surface area contributed by atoms with Crippen molar-refractivity contribution in [2.24, 2.45) is 0 Å². The lowest BCUT2D eigenvalue weighted by molar-refractivity contribution is 0.321. The van der Waals surface area contributed by atoms with E-state index < -0.39 is 0 Å². The number of hydrogen-bond donors (Lipinski definition) is 0. The normalized spacial score (nSPS) is 22.6. The molecule has 0 N–H and O–H groups in total. The Labute approximate surface area is 128 Å². The number of anilines is 1. The lowest BCUT2D eigenvalue weighted by atomic mass is 10.2. The van der Waals surface area contributed by atoms with Gasteiger partial charge in [0.15, 0.2) is 0 Å². The third-order valence-corrected chi connectivity index (χ3v) is 4.92. The predicted molar refractivity (Wildman–Crippen MR) is 83.3 cm³/mol. The SMILES string of the molecule is c1cc(N(C2CC2)C2CCN(Cc3cscn3)C2)ncn1. The number of aromatic nitrogens is 3. The molecule has 2 fully saturated rings. The minimum atomic E-state index is 0.575. The zero-order valence-electron chi connectivity index (χ0n) is 11.9. The molecule has 0 aromatic carbocycles. The monoisotopic (exact) mass is 301 g/mol. The average molecular weight is 301 g/mol. The summed E-state index contributed by atoms with van der Waals surface area (Å²) in [6.07, 6.45) is 7.32. The molecule has 6 heteroatoms. The van der Waals surface area contributed by atoms with Gasteiger partial charge in [-0.05, 0) is 25.3 Å². The zero-order valence-corrected chi connectivity index (χ0v) is 12.7. The van der Waals surface area contributed by atoms with Gasteiger partial charge in [-0.15, -0.1) is 11.3 Å². The van der Waals surface area contributed by atoms with E-state index in [2.05, 4.69) is 30.1 Å². The highest BCUT2D eigenvalue weighted by Gasteiger charge is 2.37. The Morgan fingerprint density at radius 1 is 1.24 bits per heavy atom. The van der Waals surface area contributed by atoms with E-state index >= 15 is 0 Å². The van der Waals surface area contributed by atoms with E-state index in [9.17, 15) is 0 Å². The summed E-state index contributed by atoms with van der Waals surface area (Å²) < 4.78 is 0. The molecule has 2 aliphatic rings. The van der Waals surface area contributed by atoms with Gasteiger partial charge in [0.1, 0.15) is 12.1 Å². The minimum Gasteiger partial charge on any atom is -0.349 e. The lowest BCUT2D eigenvalue weighted by Crippen LogP contribution is -2.39. The fourth-order valence-electron chi connectivity index (χ4n) is 3.19. The van der Waals surface area contributed by atoms with Crippen LogP contribution in [0.4, 0.5) is 5.82 Å². The molecule has 2 aromatic heterocycles. The summed E-state index contributed by atoms with van der Waals surface area (Å²) in [6, 6.07) is 3.30. The van der Waals surface area contributed by atoms with Crippen LogP contribution in [0.1, 0.15) is 25.0 Å². The Balaban J connectivity index is 1.45. The predicted octanol–water partition coefficient (Wildman–Crippen LogP) is 2.18. The van der Waals surface area contributed by atoms with Crippen LogP contribution >= 0.6 is 11.3 Å². The third kappa shape index (κ3) is 2.91. The van der Waals surface area contributed by atoms with Gasteiger partial charge in [0.25, 0.3) is 0 Å². The number of nitrogens with zero attached hydrogens (tertiary/aromatic N) is 5. The smallest absolute Gasteiger partial charge is 0.132 e. The minimum absolute atomic E-state index is 0.575. The molecule has 2 aromatic rings. The maximum atomic E-state index is 4.47. The van der Waals surface area contributed by atoms with Crippen LogP contribution < -0.4 is 4.90 Å². The molecule has 21 heavy (non-hydrogen) atoms. The fourth-order valence-corrected chi connectivity index (χ4v) is 3.74. The van der Waals surface area contributed by atoms with Crippen LogP contribution in [0.15, 0.2) is 29.5 Å². The topological polar surface area (TPSA) is 45.2 Å². The van der Waals surface area contributed by atoms with Crippen molar-refractivity contribution in [3.05, 3.63) is 35.2 Å². The highest BCUT2D eigenvalue weighted by molar-refractivity contribution is 7.07. The average Bonchev–Trinajstić information content (AvgIpc) is 3.01. The second-order valence-electron chi connectivity index (χ2n) is 5.86. The van der Waals surface area contributed by atoms with Crippen molar-refractivity contribution in [3.8, 4) is 0 Å². The highest BCUT2D eigenvalue weighted by Crippen LogP contribution is 2.34. The summed E-state index contributed by atoms with van der Waals surface area (Å²) in [7, 11) is 0. The van der Waals surface area contributed by atoms with E-state index in [0.717, 1.165) is 25.5 Å². The standard InChI is InChI=1S/C15H19N5S/c1-2-13(1)20(15-3-5-16-10-17-15)14-4-6-19(8-14)7-12-9-21-11-18-12/h3,5,9-11,13-14H,1-2,4,6-8H2. The fraction of sp³-hybridized carbons (Fsp3) is 0.533. The maximum Gasteiger partial charge on any atom is 0.132 e. The van der Waals surface area contributed by atoms with Crippen LogP contribution in [-0.2, 0) is 6.54 Å². The van der Waals surface area contributed by atoms with Gasteiger partial charge in [-0.2, -0.15) is 0 Å². The summed E-state index contributed by atoms with van der Waals surface area (Å²) in [5.41, 5.74) is 3.11. The van der Waals surface area contributed by atoms with E-state index in [1.165, 1.54) is 25.0 Å². The molecule has 4 rings (SSSR count). The Bertz CT molecular complexity index is 569. The van der Waals surface area contributed by atoms with Crippen LogP contribution in [0.5, 0.6) is 0 Å². The molecule has 1 aliphatic heterocycles.